The van der Waals surface area contributed by atoms with Crippen LogP contribution in [-0.4, -0.2) is 28.1 Å². The van der Waals surface area contributed by atoms with Gasteiger partial charge in [-0.2, -0.15) is 0 Å². The lowest BCUT2D eigenvalue weighted by atomic mass is 9.71. The smallest absolute Gasteiger partial charge is 0.427 e. The maximum Gasteiger partial charge on any atom is 0.454 e. The fourth-order valence-electron chi connectivity index (χ4n) is 0.931. The monoisotopic (exact) mass is 203 g/mol. The second-order valence-electron chi connectivity index (χ2n) is 3.83. The van der Waals surface area contributed by atoms with Crippen molar-refractivity contribution in [3.05, 3.63) is 0 Å². The van der Waals surface area contributed by atoms with Crippen LogP contribution in [0.4, 0.5) is 0 Å². The van der Waals surface area contributed by atoms with Crippen molar-refractivity contribution in [3.8, 4) is 0 Å². The van der Waals surface area contributed by atoms with Crippen LogP contribution in [0, 0.1) is 5.92 Å². The summed E-state index contributed by atoms with van der Waals surface area (Å²) < 4.78 is 0. The third-order valence-electron chi connectivity index (χ3n) is 2.12. The normalized spacial score (nSPS) is 15.6. The highest BCUT2D eigenvalue weighted by atomic mass is 32.1. The molecule has 2 atom stereocenters. The molecule has 0 rings (SSSR count). The zero-order valence-electron chi connectivity index (χ0n) is 8.40. The number of thiocarbonyl (C=S) groups is 1. The number of nitrogens with two attached hydrogens (primary N) is 1. The van der Waals surface area contributed by atoms with E-state index < -0.39 is 7.12 Å². The fraction of sp³-hybridized carbons (Fsp3) is 0.875. The third-order valence-corrected chi connectivity index (χ3v) is 2.56. The average molecular weight is 203 g/mol. The molecule has 0 aliphatic rings. The van der Waals surface area contributed by atoms with Crippen molar-refractivity contribution in [2.45, 2.75) is 39.1 Å². The summed E-state index contributed by atoms with van der Waals surface area (Å²) >= 11 is 5.10. The summed E-state index contributed by atoms with van der Waals surface area (Å²) in [6.45, 7) is 5.73. The second-order valence-corrected chi connectivity index (χ2v) is 4.36. The SMILES string of the molecule is CC(C)[C@H](N)C(=S)C[C@H](C)B(O)O. The standard InChI is InChI=1S/C8H18BNO2S/c1-5(2)8(10)7(13)4-6(3)9(11)12/h5-6,8,11-12H,4,10H2,1-3H3/t6-,8-/m0/s1. The molecule has 13 heavy (non-hydrogen) atoms. The van der Waals surface area contributed by atoms with Crippen molar-refractivity contribution >= 4 is 24.2 Å². The van der Waals surface area contributed by atoms with Crippen molar-refractivity contribution in [3.63, 3.8) is 0 Å². The average Bonchev–Trinajstić information content (AvgIpc) is 2.02. The number of hydrogen-bond acceptors (Lipinski definition) is 4. The van der Waals surface area contributed by atoms with E-state index in [9.17, 15) is 0 Å². The van der Waals surface area contributed by atoms with E-state index in [1.165, 1.54) is 0 Å². The van der Waals surface area contributed by atoms with Crippen LogP contribution in [0.1, 0.15) is 27.2 Å². The minimum Gasteiger partial charge on any atom is -0.427 e. The zero-order valence-corrected chi connectivity index (χ0v) is 9.21. The van der Waals surface area contributed by atoms with Gasteiger partial charge in [0.2, 0.25) is 0 Å². The maximum atomic E-state index is 8.85. The minimum absolute atomic E-state index is 0.129. The molecular weight excluding hydrogens is 185 g/mol. The molecule has 76 valence electrons. The molecule has 0 heterocycles. The Bertz CT molecular complexity index is 176. The van der Waals surface area contributed by atoms with Gasteiger partial charge in [-0.25, -0.2) is 0 Å². The topological polar surface area (TPSA) is 66.5 Å². The van der Waals surface area contributed by atoms with Crippen molar-refractivity contribution in [1.29, 1.82) is 0 Å². The van der Waals surface area contributed by atoms with E-state index in [1.807, 2.05) is 13.8 Å². The molecule has 0 amide bonds. The molecule has 0 aromatic rings. The molecule has 3 nitrogen and oxygen atoms in total. The summed E-state index contributed by atoms with van der Waals surface area (Å²) in [5, 5.41) is 17.7. The molecule has 0 saturated heterocycles. The first-order valence-corrected chi connectivity index (χ1v) is 4.91. The predicted octanol–water partition coefficient (Wildman–Crippen LogP) is 0.593. The van der Waals surface area contributed by atoms with Crippen LogP contribution in [0.25, 0.3) is 0 Å². The van der Waals surface area contributed by atoms with E-state index in [2.05, 4.69) is 0 Å². The van der Waals surface area contributed by atoms with E-state index in [0.717, 1.165) is 4.86 Å². The van der Waals surface area contributed by atoms with Crippen LogP contribution < -0.4 is 5.73 Å². The lowest BCUT2D eigenvalue weighted by Gasteiger charge is -2.19. The van der Waals surface area contributed by atoms with E-state index in [-0.39, 0.29) is 11.9 Å². The fourth-order valence-corrected chi connectivity index (χ4v) is 1.47. The molecule has 0 saturated carbocycles. The Morgan fingerprint density at radius 2 is 1.85 bits per heavy atom. The quantitative estimate of drug-likeness (QED) is 0.452. The van der Waals surface area contributed by atoms with Crippen molar-refractivity contribution in [2.75, 3.05) is 0 Å². The van der Waals surface area contributed by atoms with E-state index in [0.29, 0.717) is 12.3 Å². The van der Waals surface area contributed by atoms with Gasteiger partial charge in [0.15, 0.2) is 0 Å². The summed E-state index contributed by atoms with van der Waals surface area (Å²) in [5.74, 6) is 0.0628. The molecule has 4 N–H and O–H groups in total. The first-order valence-electron chi connectivity index (χ1n) is 4.50. The lowest BCUT2D eigenvalue weighted by Crippen LogP contribution is -2.36. The Morgan fingerprint density at radius 3 is 2.15 bits per heavy atom. The van der Waals surface area contributed by atoms with Crippen LogP contribution in [0.5, 0.6) is 0 Å². The third kappa shape index (κ3) is 4.71. The van der Waals surface area contributed by atoms with Crippen LogP contribution in [0.15, 0.2) is 0 Å². The van der Waals surface area contributed by atoms with Crippen molar-refractivity contribution < 1.29 is 10.0 Å². The van der Waals surface area contributed by atoms with E-state index >= 15 is 0 Å². The number of hydrogen-bond donors (Lipinski definition) is 3. The minimum atomic E-state index is -1.31. The maximum absolute atomic E-state index is 8.85. The molecule has 0 aromatic carbocycles. The van der Waals surface area contributed by atoms with Gasteiger partial charge in [0.1, 0.15) is 0 Å². The Labute approximate surface area is 85.5 Å². The van der Waals surface area contributed by atoms with Crippen molar-refractivity contribution in [1.82, 2.24) is 0 Å². The van der Waals surface area contributed by atoms with Crippen LogP contribution in [0.3, 0.4) is 0 Å². The zero-order chi connectivity index (χ0) is 10.6. The van der Waals surface area contributed by atoms with Crippen molar-refractivity contribution in [2.24, 2.45) is 11.7 Å². The van der Waals surface area contributed by atoms with Gasteiger partial charge in [-0.3, -0.25) is 0 Å². The van der Waals surface area contributed by atoms with E-state index in [1.54, 1.807) is 6.92 Å². The highest BCUT2D eigenvalue weighted by Crippen LogP contribution is 2.15. The Morgan fingerprint density at radius 1 is 1.38 bits per heavy atom. The molecule has 0 bridgehead atoms. The van der Waals surface area contributed by atoms with Crippen LogP contribution in [0.2, 0.25) is 5.82 Å². The summed E-state index contributed by atoms with van der Waals surface area (Å²) in [7, 11) is -1.31. The van der Waals surface area contributed by atoms with Gasteiger partial charge in [0.25, 0.3) is 0 Å². The second kappa shape index (κ2) is 5.70. The van der Waals surface area contributed by atoms with Gasteiger partial charge >= 0.3 is 7.12 Å². The molecule has 0 fully saturated rings. The highest BCUT2D eigenvalue weighted by Gasteiger charge is 2.22. The summed E-state index contributed by atoms with van der Waals surface area (Å²) in [4.78, 5) is 0.718. The molecule has 0 spiro atoms. The lowest BCUT2D eigenvalue weighted by molar-refractivity contribution is 0.389. The predicted molar refractivity (Wildman–Crippen MR) is 59.6 cm³/mol. The first-order chi connectivity index (χ1) is 5.86. The molecule has 0 aliphatic heterocycles. The highest BCUT2D eigenvalue weighted by molar-refractivity contribution is 7.80. The summed E-state index contributed by atoms with van der Waals surface area (Å²) in [6, 6.07) is -0.129. The Hall–Kier alpha value is 0.0349. The molecule has 0 aromatic heterocycles. The first kappa shape index (κ1) is 13.0. The van der Waals surface area contributed by atoms with Gasteiger partial charge in [-0.05, 0) is 18.2 Å². The largest absolute Gasteiger partial charge is 0.454 e. The van der Waals surface area contributed by atoms with Crippen LogP contribution in [-0.2, 0) is 0 Å². The van der Waals surface area contributed by atoms with Gasteiger partial charge in [-0.1, -0.05) is 33.0 Å². The molecule has 5 heteroatoms. The van der Waals surface area contributed by atoms with Crippen LogP contribution >= 0.6 is 12.2 Å². The van der Waals surface area contributed by atoms with E-state index in [4.69, 9.17) is 28.0 Å². The van der Waals surface area contributed by atoms with Gasteiger partial charge in [-0.15, -0.1) is 0 Å². The van der Waals surface area contributed by atoms with Gasteiger partial charge < -0.3 is 15.8 Å². The molecule has 0 radical (unpaired) electrons. The summed E-state index contributed by atoms with van der Waals surface area (Å²) in [5.41, 5.74) is 5.80. The summed E-state index contributed by atoms with van der Waals surface area (Å²) in [6.07, 6.45) is 0.492. The molecule has 0 aliphatic carbocycles. The van der Waals surface area contributed by atoms with Gasteiger partial charge in [0, 0.05) is 10.9 Å². The number of rotatable bonds is 5. The van der Waals surface area contributed by atoms with Gasteiger partial charge in [0.05, 0.1) is 0 Å². The Kier molecular flexibility index (Phi) is 5.71. The Balaban J connectivity index is 4.00. The molecule has 0 unspecified atom stereocenters. The molecular formula is C8H18BNO2S.